The van der Waals surface area contributed by atoms with Gasteiger partial charge in [0.1, 0.15) is 17.3 Å². The van der Waals surface area contributed by atoms with E-state index in [4.69, 9.17) is 20.4 Å². The maximum Gasteiger partial charge on any atom is 0.313 e. The Labute approximate surface area is 158 Å². The van der Waals surface area contributed by atoms with Crippen LogP contribution in [0.1, 0.15) is 17.5 Å². The van der Waals surface area contributed by atoms with Gasteiger partial charge in [0.25, 0.3) is 0 Å². The zero-order valence-corrected chi connectivity index (χ0v) is 15.7. The lowest BCUT2D eigenvalue weighted by molar-refractivity contribution is 0.329. The molecule has 0 amide bonds. The number of hydrogen-bond donors (Lipinski definition) is 2. The summed E-state index contributed by atoms with van der Waals surface area (Å²) < 4.78 is 35.3. The summed E-state index contributed by atoms with van der Waals surface area (Å²) in [7, 11) is -3.78. The molecule has 0 fully saturated rings. The van der Waals surface area contributed by atoms with Crippen LogP contribution in [0.2, 0.25) is 0 Å². The van der Waals surface area contributed by atoms with Gasteiger partial charge in [-0.1, -0.05) is 30.3 Å². The zero-order chi connectivity index (χ0) is 19.7. The summed E-state index contributed by atoms with van der Waals surface area (Å²) in [4.78, 5) is 0. The maximum absolute atomic E-state index is 12.3. The fourth-order valence-corrected chi connectivity index (χ4v) is 3.24. The van der Waals surface area contributed by atoms with Crippen LogP contribution >= 0.6 is 0 Å². The van der Waals surface area contributed by atoms with Crippen molar-refractivity contribution >= 4 is 22.3 Å². The van der Waals surface area contributed by atoms with E-state index in [0.717, 1.165) is 5.56 Å². The van der Waals surface area contributed by atoms with Gasteiger partial charge in [-0.25, -0.2) is 0 Å². The van der Waals surface area contributed by atoms with E-state index in [2.05, 4.69) is 10.2 Å². The summed E-state index contributed by atoms with van der Waals surface area (Å²) in [5.41, 5.74) is 11.8. The molecule has 0 aromatic heterocycles. The fraction of sp³-hybridized carbons (Fsp3) is 0.222. The molecule has 144 valence electrons. The molecule has 0 aliphatic rings. The first kappa shape index (κ1) is 20.2. The Morgan fingerprint density at radius 3 is 2.52 bits per heavy atom. The Morgan fingerprint density at radius 1 is 1.11 bits per heavy atom. The van der Waals surface area contributed by atoms with Crippen LogP contribution in [-0.2, 0) is 15.9 Å². The Morgan fingerprint density at radius 2 is 1.81 bits per heavy atom. The summed E-state index contributed by atoms with van der Waals surface area (Å²) in [6.07, 6.45) is 1.99. The van der Waals surface area contributed by atoms with Crippen LogP contribution in [0.5, 0.6) is 11.5 Å². The molecule has 0 unspecified atom stereocenters. The Balaban J connectivity index is 1.97. The van der Waals surface area contributed by atoms with Gasteiger partial charge in [0, 0.05) is 18.7 Å². The summed E-state index contributed by atoms with van der Waals surface area (Å²) in [5, 5.41) is 7.13. The van der Waals surface area contributed by atoms with Crippen molar-refractivity contribution in [2.75, 3.05) is 6.61 Å². The minimum absolute atomic E-state index is 0.121. The lowest BCUT2D eigenvalue weighted by atomic mass is 10.2. The zero-order valence-electron chi connectivity index (χ0n) is 14.9. The van der Waals surface area contributed by atoms with Crippen LogP contribution in [0.25, 0.3) is 0 Å². The van der Waals surface area contributed by atoms with Gasteiger partial charge >= 0.3 is 10.1 Å². The van der Waals surface area contributed by atoms with E-state index in [-0.39, 0.29) is 17.5 Å². The standard InChI is InChI=1S/C18H22N4O4S/c1-14-10-16(25-9-5-8-21-22-18(19)20)12-17(11-14)26-27(23,24)13-15-6-3-2-4-7-15/h2-4,6-8,10-12H,5,9,13H2,1H3,(H4,19,20,22)/b21-8-. The number of hydrogen-bond acceptors (Lipinski definition) is 6. The van der Waals surface area contributed by atoms with Crippen molar-refractivity contribution in [3.63, 3.8) is 0 Å². The van der Waals surface area contributed by atoms with Crippen molar-refractivity contribution in [2.45, 2.75) is 19.1 Å². The number of guanidine groups is 1. The molecule has 0 saturated heterocycles. The van der Waals surface area contributed by atoms with Crippen LogP contribution in [0.15, 0.2) is 58.7 Å². The Hall–Kier alpha value is -3.07. The molecule has 0 radical (unpaired) electrons. The van der Waals surface area contributed by atoms with Crippen LogP contribution in [-0.4, -0.2) is 27.2 Å². The molecule has 0 spiro atoms. The predicted octanol–water partition coefficient (Wildman–Crippen LogP) is 1.93. The van der Waals surface area contributed by atoms with E-state index in [1.165, 1.54) is 12.3 Å². The first-order chi connectivity index (χ1) is 12.8. The van der Waals surface area contributed by atoms with E-state index in [1.807, 2.05) is 13.0 Å². The van der Waals surface area contributed by atoms with Crippen molar-refractivity contribution in [2.24, 2.45) is 21.7 Å². The predicted molar refractivity (Wildman–Crippen MR) is 105 cm³/mol. The number of benzene rings is 2. The maximum atomic E-state index is 12.3. The first-order valence-corrected chi connectivity index (χ1v) is 9.73. The van der Waals surface area contributed by atoms with Crippen LogP contribution in [0, 0.1) is 6.92 Å². The number of aryl methyl sites for hydroxylation is 1. The summed E-state index contributed by atoms with van der Waals surface area (Å²) in [6, 6.07) is 13.8. The average Bonchev–Trinajstić information content (AvgIpc) is 2.57. The second kappa shape index (κ2) is 9.58. The number of nitrogens with two attached hydrogens (primary N) is 2. The van der Waals surface area contributed by atoms with Crippen molar-refractivity contribution in [3.8, 4) is 11.5 Å². The van der Waals surface area contributed by atoms with Gasteiger partial charge in [0.2, 0.25) is 5.96 Å². The minimum Gasteiger partial charge on any atom is -0.493 e. The molecular formula is C18H22N4O4S. The van der Waals surface area contributed by atoms with Crippen molar-refractivity contribution in [1.82, 2.24) is 0 Å². The summed E-state index contributed by atoms with van der Waals surface area (Å²) >= 11 is 0. The van der Waals surface area contributed by atoms with Gasteiger partial charge in [-0.2, -0.15) is 13.5 Å². The summed E-state index contributed by atoms with van der Waals surface area (Å²) in [5.74, 6) is 0.369. The highest BCUT2D eigenvalue weighted by molar-refractivity contribution is 7.86. The normalized spacial score (nSPS) is 11.3. The SMILES string of the molecule is Cc1cc(OCC/C=N\N=C(N)N)cc(OS(=O)(=O)Cc2ccccc2)c1. The molecule has 0 bridgehead atoms. The van der Waals surface area contributed by atoms with E-state index in [1.54, 1.807) is 36.4 Å². The third-order valence-corrected chi connectivity index (χ3v) is 4.34. The molecule has 8 nitrogen and oxygen atoms in total. The van der Waals surface area contributed by atoms with E-state index in [9.17, 15) is 8.42 Å². The smallest absolute Gasteiger partial charge is 0.313 e. The topological polar surface area (TPSA) is 129 Å². The van der Waals surface area contributed by atoms with Crippen molar-refractivity contribution in [3.05, 3.63) is 59.7 Å². The van der Waals surface area contributed by atoms with Crippen LogP contribution < -0.4 is 20.4 Å². The van der Waals surface area contributed by atoms with Gasteiger partial charge < -0.3 is 20.4 Å². The molecule has 27 heavy (non-hydrogen) atoms. The number of rotatable bonds is 9. The highest BCUT2D eigenvalue weighted by atomic mass is 32.2. The minimum atomic E-state index is -3.78. The van der Waals surface area contributed by atoms with Crippen molar-refractivity contribution < 1.29 is 17.3 Å². The van der Waals surface area contributed by atoms with Gasteiger partial charge in [-0.15, -0.1) is 5.10 Å². The quantitative estimate of drug-likeness (QED) is 0.221. The Bertz CT molecular complexity index is 908. The summed E-state index contributed by atoms with van der Waals surface area (Å²) in [6.45, 7) is 2.15. The third-order valence-electron chi connectivity index (χ3n) is 3.20. The van der Waals surface area contributed by atoms with Gasteiger partial charge in [-0.05, 0) is 30.2 Å². The molecule has 0 heterocycles. The average molecular weight is 390 g/mol. The van der Waals surface area contributed by atoms with Gasteiger partial charge in [0.15, 0.2) is 0 Å². The third kappa shape index (κ3) is 7.78. The molecule has 2 aromatic carbocycles. The highest BCUT2D eigenvalue weighted by Gasteiger charge is 2.15. The monoisotopic (exact) mass is 390 g/mol. The van der Waals surface area contributed by atoms with Gasteiger partial charge in [-0.3, -0.25) is 0 Å². The fourth-order valence-electron chi connectivity index (χ4n) is 2.19. The molecular weight excluding hydrogens is 368 g/mol. The largest absolute Gasteiger partial charge is 0.493 e. The molecule has 0 aliphatic carbocycles. The van der Waals surface area contributed by atoms with Gasteiger partial charge in [0.05, 0.1) is 6.61 Å². The highest BCUT2D eigenvalue weighted by Crippen LogP contribution is 2.24. The van der Waals surface area contributed by atoms with Crippen LogP contribution in [0.3, 0.4) is 0 Å². The molecule has 0 atom stereocenters. The lowest BCUT2D eigenvalue weighted by Gasteiger charge is -2.11. The molecule has 2 aromatic rings. The molecule has 0 saturated carbocycles. The number of nitrogens with zero attached hydrogens (tertiary/aromatic N) is 2. The second-order valence-electron chi connectivity index (χ2n) is 5.71. The first-order valence-electron chi connectivity index (χ1n) is 8.15. The Kier molecular flexibility index (Phi) is 7.18. The second-order valence-corrected chi connectivity index (χ2v) is 7.28. The molecule has 4 N–H and O–H groups in total. The number of ether oxygens (including phenoxy) is 1. The lowest BCUT2D eigenvalue weighted by Crippen LogP contribution is -2.21. The van der Waals surface area contributed by atoms with Crippen molar-refractivity contribution in [1.29, 1.82) is 0 Å². The van der Waals surface area contributed by atoms with E-state index >= 15 is 0 Å². The molecule has 2 rings (SSSR count). The molecule has 9 heteroatoms. The van der Waals surface area contributed by atoms with Crippen LogP contribution in [0.4, 0.5) is 0 Å². The van der Waals surface area contributed by atoms with E-state index in [0.29, 0.717) is 24.3 Å². The molecule has 0 aliphatic heterocycles. The van der Waals surface area contributed by atoms with E-state index < -0.39 is 10.1 Å².